The van der Waals surface area contributed by atoms with Crippen molar-refractivity contribution in [2.45, 2.75) is 284 Å². The Bertz CT molecular complexity index is 701. The number of amides is 4. The Morgan fingerprint density at radius 1 is 0.214 bits per heavy atom. The van der Waals surface area contributed by atoms with Crippen LogP contribution in [0.5, 0.6) is 0 Å². The third-order valence-electron chi connectivity index (χ3n) is 11.8. The summed E-state index contributed by atoms with van der Waals surface area (Å²) < 4.78 is 0. The third-order valence-corrected chi connectivity index (χ3v) is 11.8. The average molecular weight is 791 g/mol. The van der Waals surface area contributed by atoms with Crippen molar-refractivity contribution in [2.75, 3.05) is 26.2 Å². The highest BCUT2D eigenvalue weighted by atomic mass is 16.2. The molecule has 0 aromatic rings. The van der Waals surface area contributed by atoms with Crippen LogP contribution in [0, 0.1) is 0 Å². The summed E-state index contributed by atoms with van der Waals surface area (Å²) in [6.45, 7) is 7.76. The van der Waals surface area contributed by atoms with Gasteiger partial charge >= 0.3 is 12.1 Å². The molecule has 6 heteroatoms. The molecule has 4 amide bonds. The van der Waals surface area contributed by atoms with Crippen molar-refractivity contribution in [2.24, 2.45) is 0 Å². The van der Waals surface area contributed by atoms with Crippen LogP contribution in [0.1, 0.15) is 284 Å². The summed E-state index contributed by atoms with van der Waals surface area (Å²) >= 11 is 0. The Labute approximate surface area is 351 Å². The van der Waals surface area contributed by atoms with Crippen LogP contribution >= 0.6 is 0 Å². The van der Waals surface area contributed by atoms with E-state index in [1.165, 1.54) is 244 Å². The topological polar surface area (TPSA) is 82.3 Å². The lowest BCUT2D eigenvalue weighted by molar-refractivity contribution is 0.239. The largest absolute Gasteiger partial charge is 0.338 e. The van der Waals surface area contributed by atoms with E-state index in [4.69, 9.17) is 0 Å². The van der Waals surface area contributed by atoms with Crippen molar-refractivity contribution in [1.29, 1.82) is 0 Å². The number of hydrogen-bond donors (Lipinski definition) is 4. The molecular weight excluding hydrogens is 689 g/mol. The van der Waals surface area contributed by atoms with E-state index in [1.54, 1.807) is 0 Å². The van der Waals surface area contributed by atoms with Gasteiger partial charge in [-0.25, -0.2) is 9.59 Å². The molecule has 0 rings (SSSR count). The molecule has 0 aliphatic rings. The van der Waals surface area contributed by atoms with Crippen molar-refractivity contribution in [3.63, 3.8) is 0 Å². The minimum atomic E-state index is 0.00682. The van der Waals surface area contributed by atoms with E-state index in [1.807, 2.05) is 0 Å². The second-order valence-corrected chi connectivity index (χ2v) is 17.5. The summed E-state index contributed by atoms with van der Waals surface area (Å²) in [5.41, 5.74) is 0. The molecule has 334 valence electrons. The van der Waals surface area contributed by atoms with Gasteiger partial charge in [-0.2, -0.15) is 0 Å². The molecule has 56 heavy (non-hydrogen) atoms. The first-order chi connectivity index (χ1) is 27.7. The Morgan fingerprint density at radius 2 is 0.339 bits per heavy atom. The Hall–Kier alpha value is -1.46. The average Bonchev–Trinajstić information content (AvgIpc) is 3.20. The molecule has 0 bridgehead atoms. The van der Waals surface area contributed by atoms with Crippen molar-refractivity contribution < 1.29 is 9.59 Å². The first kappa shape index (κ1) is 54.5. The normalized spacial score (nSPS) is 11.2. The summed E-state index contributed by atoms with van der Waals surface area (Å²) in [4.78, 5) is 24.1. The number of urea groups is 2. The zero-order chi connectivity index (χ0) is 40.5. The molecule has 6 nitrogen and oxygen atoms in total. The van der Waals surface area contributed by atoms with Gasteiger partial charge in [0.15, 0.2) is 0 Å². The molecule has 0 radical (unpaired) electrons. The molecule has 0 aliphatic heterocycles. The lowest BCUT2D eigenvalue weighted by Gasteiger charge is -2.08. The fourth-order valence-corrected chi connectivity index (χ4v) is 7.94. The van der Waals surface area contributed by atoms with Crippen LogP contribution in [0.2, 0.25) is 0 Å². The van der Waals surface area contributed by atoms with Gasteiger partial charge in [0.2, 0.25) is 0 Å². The van der Waals surface area contributed by atoms with Crippen LogP contribution in [0.4, 0.5) is 9.59 Å². The van der Waals surface area contributed by atoms with Gasteiger partial charge in [-0.3, -0.25) is 0 Å². The molecule has 0 aromatic heterocycles. The number of carbonyl (C=O) groups excluding carboxylic acids is 2. The van der Waals surface area contributed by atoms with E-state index in [0.717, 1.165) is 51.9 Å². The summed E-state index contributed by atoms with van der Waals surface area (Å²) in [7, 11) is 0. The van der Waals surface area contributed by atoms with Gasteiger partial charge in [-0.1, -0.05) is 258 Å². The zero-order valence-corrected chi connectivity index (χ0v) is 38.3. The maximum absolute atomic E-state index is 12.0. The molecule has 0 saturated carbocycles. The summed E-state index contributed by atoms with van der Waals surface area (Å²) in [5, 5.41) is 12.1. The van der Waals surface area contributed by atoms with Crippen LogP contribution in [0.25, 0.3) is 0 Å². The number of rotatable bonds is 47. The zero-order valence-electron chi connectivity index (χ0n) is 38.3. The highest BCUT2D eigenvalue weighted by Crippen LogP contribution is 2.15. The SMILES string of the molecule is CCCCCCCCCCCCCCCCCCNC(=O)NCCCCCCCCCCCCNC(=O)NCCCCCCCCCCCCCCCCCC. The predicted octanol–water partition coefficient (Wildman–Crippen LogP) is 16.0. The van der Waals surface area contributed by atoms with Gasteiger partial charge in [0.25, 0.3) is 0 Å². The van der Waals surface area contributed by atoms with Gasteiger partial charge in [-0.15, -0.1) is 0 Å². The summed E-state index contributed by atoms with van der Waals surface area (Å²) in [6.07, 6.45) is 56.3. The second kappa shape index (κ2) is 49.7. The fourth-order valence-electron chi connectivity index (χ4n) is 7.94. The summed E-state index contributed by atoms with van der Waals surface area (Å²) in [6, 6.07) is 0.0136. The molecule has 0 aromatic carbocycles. The third kappa shape index (κ3) is 48.7. The number of carbonyl (C=O) groups is 2. The quantitative estimate of drug-likeness (QED) is 0.0463. The van der Waals surface area contributed by atoms with Crippen LogP contribution in [-0.2, 0) is 0 Å². The van der Waals surface area contributed by atoms with E-state index in [0.29, 0.717) is 0 Å². The van der Waals surface area contributed by atoms with E-state index < -0.39 is 0 Å². The molecule has 0 spiro atoms. The fraction of sp³-hybridized carbons (Fsp3) is 0.960. The van der Waals surface area contributed by atoms with Crippen LogP contribution in [0.3, 0.4) is 0 Å². The molecule has 0 saturated heterocycles. The van der Waals surface area contributed by atoms with E-state index in [9.17, 15) is 9.59 Å². The number of hydrogen-bond acceptors (Lipinski definition) is 2. The molecule has 4 N–H and O–H groups in total. The first-order valence-corrected chi connectivity index (χ1v) is 25.7. The van der Waals surface area contributed by atoms with E-state index >= 15 is 0 Å². The molecular formula is C50H102N4O2. The predicted molar refractivity (Wildman–Crippen MR) is 248 cm³/mol. The molecule has 0 unspecified atom stereocenters. The van der Waals surface area contributed by atoms with Gasteiger partial charge in [0.05, 0.1) is 0 Å². The maximum atomic E-state index is 12.0. The lowest BCUT2D eigenvalue weighted by Crippen LogP contribution is -2.36. The van der Waals surface area contributed by atoms with Gasteiger partial charge in [-0.05, 0) is 25.7 Å². The maximum Gasteiger partial charge on any atom is 0.314 e. The van der Waals surface area contributed by atoms with Crippen molar-refractivity contribution in [3.8, 4) is 0 Å². The lowest BCUT2D eigenvalue weighted by atomic mass is 10.0. The highest BCUT2D eigenvalue weighted by molar-refractivity contribution is 5.74. The van der Waals surface area contributed by atoms with E-state index in [-0.39, 0.29) is 12.1 Å². The molecule has 0 aliphatic carbocycles. The van der Waals surface area contributed by atoms with Crippen LogP contribution < -0.4 is 21.3 Å². The molecule has 0 fully saturated rings. The standard InChI is InChI=1S/C50H102N4O2/c1-3-5-7-9-11-13-15-17-19-21-23-25-29-33-37-41-45-51-49(55)53-47-43-39-35-31-27-28-32-36-40-44-48-54-50(56)52-46-42-38-34-30-26-24-22-20-18-16-14-12-10-8-6-4-2/h3-48H2,1-2H3,(H2,51,53,55)(H2,52,54,56). The van der Waals surface area contributed by atoms with E-state index in [2.05, 4.69) is 35.1 Å². The van der Waals surface area contributed by atoms with Gasteiger partial charge in [0.1, 0.15) is 0 Å². The second-order valence-electron chi connectivity index (χ2n) is 17.5. The number of nitrogens with one attached hydrogen (secondary N) is 4. The Kier molecular flexibility index (Phi) is 48.4. The van der Waals surface area contributed by atoms with Crippen LogP contribution in [0.15, 0.2) is 0 Å². The Morgan fingerprint density at radius 3 is 0.482 bits per heavy atom. The van der Waals surface area contributed by atoms with Crippen molar-refractivity contribution >= 4 is 12.1 Å². The van der Waals surface area contributed by atoms with Gasteiger partial charge < -0.3 is 21.3 Å². The van der Waals surface area contributed by atoms with Crippen molar-refractivity contribution in [1.82, 2.24) is 21.3 Å². The minimum Gasteiger partial charge on any atom is -0.338 e. The monoisotopic (exact) mass is 791 g/mol. The smallest absolute Gasteiger partial charge is 0.314 e. The molecule has 0 atom stereocenters. The van der Waals surface area contributed by atoms with Gasteiger partial charge in [0, 0.05) is 26.2 Å². The minimum absolute atomic E-state index is 0.00682. The van der Waals surface area contributed by atoms with Crippen LogP contribution in [-0.4, -0.2) is 38.2 Å². The Balaban J connectivity index is 3.21. The highest BCUT2D eigenvalue weighted by Gasteiger charge is 2.02. The number of unbranched alkanes of at least 4 members (excludes halogenated alkanes) is 39. The summed E-state index contributed by atoms with van der Waals surface area (Å²) in [5.74, 6) is 0. The molecule has 0 heterocycles. The van der Waals surface area contributed by atoms with Crippen molar-refractivity contribution in [3.05, 3.63) is 0 Å². The first-order valence-electron chi connectivity index (χ1n) is 25.7.